The number of rotatable bonds is 5. The molecule has 7 heteroatoms. The standard InChI is InChI=1S/C15H16N2O3S2/c1-3-6-17-13(18)10-8-9(4-2)21-12(10)16-15(17)22-11-5-7-20-14(11)19/h3,8,11H,1,4-7H2,2H3/t11-/m1/s1. The number of carbonyl (C=O) groups is 1. The van der Waals surface area contributed by atoms with Crippen LogP contribution in [0, 0.1) is 0 Å². The molecule has 0 bridgehead atoms. The molecule has 1 aliphatic rings. The number of esters is 1. The molecule has 1 atom stereocenters. The zero-order valence-electron chi connectivity index (χ0n) is 12.2. The summed E-state index contributed by atoms with van der Waals surface area (Å²) in [6, 6.07) is 1.91. The molecule has 22 heavy (non-hydrogen) atoms. The first kappa shape index (κ1) is 15.3. The summed E-state index contributed by atoms with van der Waals surface area (Å²) in [7, 11) is 0. The number of thioether (sulfide) groups is 1. The van der Waals surface area contributed by atoms with E-state index in [0.29, 0.717) is 30.1 Å². The third-order valence-corrected chi connectivity index (χ3v) is 5.87. The van der Waals surface area contributed by atoms with Crippen molar-refractivity contribution < 1.29 is 9.53 Å². The third kappa shape index (κ3) is 2.70. The van der Waals surface area contributed by atoms with Gasteiger partial charge in [-0.3, -0.25) is 14.2 Å². The van der Waals surface area contributed by atoms with Crippen LogP contribution in [0.3, 0.4) is 0 Å². The molecule has 116 valence electrons. The van der Waals surface area contributed by atoms with Crippen molar-refractivity contribution in [2.24, 2.45) is 0 Å². The molecule has 1 fully saturated rings. The normalized spacial score (nSPS) is 17.9. The van der Waals surface area contributed by atoms with E-state index in [1.54, 1.807) is 10.6 Å². The van der Waals surface area contributed by atoms with Gasteiger partial charge < -0.3 is 4.74 Å². The SMILES string of the molecule is C=CCn1c(S[C@@H]2CCOC2=O)nc2sc(CC)cc2c1=O. The van der Waals surface area contributed by atoms with Gasteiger partial charge in [-0.05, 0) is 12.5 Å². The minimum atomic E-state index is -0.286. The van der Waals surface area contributed by atoms with Crippen LogP contribution in [-0.4, -0.2) is 27.4 Å². The zero-order valence-corrected chi connectivity index (χ0v) is 13.8. The smallest absolute Gasteiger partial charge is 0.319 e. The third-order valence-electron chi connectivity index (χ3n) is 3.46. The van der Waals surface area contributed by atoms with E-state index in [0.717, 1.165) is 16.1 Å². The topological polar surface area (TPSA) is 61.2 Å². The maximum Gasteiger partial charge on any atom is 0.319 e. The van der Waals surface area contributed by atoms with Crippen LogP contribution in [0.5, 0.6) is 0 Å². The number of hydrogen-bond acceptors (Lipinski definition) is 6. The van der Waals surface area contributed by atoms with Gasteiger partial charge >= 0.3 is 5.97 Å². The number of cyclic esters (lactones) is 1. The van der Waals surface area contributed by atoms with Crippen LogP contribution < -0.4 is 5.56 Å². The van der Waals surface area contributed by atoms with Crippen LogP contribution >= 0.6 is 23.1 Å². The predicted octanol–water partition coefficient (Wildman–Crippen LogP) is 2.61. The number of thiophene rings is 1. The van der Waals surface area contributed by atoms with Gasteiger partial charge in [0.25, 0.3) is 5.56 Å². The highest BCUT2D eigenvalue weighted by atomic mass is 32.2. The lowest BCUT2D eigenvalue weighted by molar-refractivity contribution is -0.137. The van der Waals surface area contributed by atoms with Crippen molar-refractivity contribution in [2.45, 2.75) is 36.7 Å². The number of aromatic nitrogens is 2. The summed E-state index contributed by atoms with van der Waals surface area (Å²) in [6.07, 6.45) is 3.19. The van der Waals surface area contributed by atoms with Crippen molar-refractivity contribution in [2.75, 3.05) is 6.61 Å². The molecule has 0 N–H and O–H groups in total. The van der Waals surface area contributed by atoms with E-state index in [9.17, 15) is 9.59 Å². The Bertz CT molecular complexity index is 794. The molecule has 3 heterocycles. The Morgan fingerprint density at radius 2 is 2.41 bits per heavy atom. The first-order valence-corrected chi connectivity index (χ1v) is 8.81. The molecule has 0 aromatic carbocycles. The lowest BCUT2D eigenvalue weighted by Crippen LogP contribution is -2.23. The Hall–Kier alpha value is -1.60. The second kappa shape index (κ2) is 6.26. The molecule has 0 amide bonds. The number of ether oxygens (including phenoxy) is 1. The first-order chi connectivity index (χ1) is 10.6. The van der Waals surface area contributed by atoms with E-state index in [1.807, 2.05) is 6.07 Å². The molecule has 2 aromatic rings. The van der Waals surface area contributed by atoms with Gasteiger partial charge in [-0.2, -0.15) is 0 Å². The molecular formula is C15H16N2O3S2. The number of hydrogen-bond donors (Lipinski definition) is 0. The summed E-state index contributed by atoms with van der Waals surface area (Å²) >= 11 is 2.84. The fourth-order valence-electron chi connectivity index (χ4n) is 2.31. The second-order valence-corrected chi connectivity index (χ2v) is 7.23. The fraction of sp³-hybridized carbons (Fsp3) is 0.400. The van der Waals surface area contributed by atoms with Crippen LogP contribution in [-0.2, 0) is 22.5 Å². The average Bonchev–Trinajstić information content (AvgIpc) is 3.10. The maximum absolute atomic E-state index is 12.7. The van der Waals surface area contributed by atoms with Gasteiger partial charge in [0, 0.05) is 17.8 Å². The number of carbonyl (C=O) groups excluding carboxylic acids is 1. The summed E-state index contributed by atoms with van der Waals surface area (Å²) in [5.74, 6) is -0.232. The van der Waals surface area contributed by atoms with E-state index in [-0.39, 0.29) is 16.8 Å². The lowest BCUT2D eigenvalue weighted by atomic mass is 10.3. The highest BCUT2D eigenvalue weighted by Gasteiger charge is 2.29. The molecule has 1 saturated heterocycles. The molecule has 0 radical (unpaired) electrons. The lowest BCUT2D eigenvalue weighted by Gasteiger charge is -2.11. The molecular weight excluding hydrogens is 320 g/mol. The highest BCUT2D eigenvalue weighted by molar-refractivity contribution is 8.00. The summed E-state index contributed by atoms with van der Waals surface area (Å²) < 4.78 is 6.57. The first-order valence-electron chi connectivity index (χ1n) is 7.11. The Morgan fingerprint density at radius 3 is 3.05 bits per heavy atom. The van der Waals surface area contributed by atoms with Gasteiger partial charge in [0.15, 0.2) is 5.16 Å². The maximum atomic E-state index is 12.7. The van der Waals surface area contributed by atoms with E-state index >= 15 is 0 Å². The van der Waals surface area contributed by atoms with E-state index in [1.165, 1.54) is 23.1 Å². The predicted molar refractivity (Wildman–Crippen MR) is 88.7 cm³/mol. The zero-order chi connectivity index (χ0) is 15.7. The Balaban J connectivity index is 2.09. The molecule has 2 aromatic heterocycles. The summed E-state index contributed by atoms with van der Waals surface area (Å²) in [4.78, 5) is 30.8. The van der Waals surface area contributed by atoms with E-state index < -0.39 is 0 Å². The number of allylic oxidation sites excluding steroid dienone is 1. The minimum absolute atomic E-state index is 0.0743. The van der Waals surface area contributed by atoms with Crippen molar-refractivity contribution in [3.8, 4) is 0 Å². The van der Waals surface area contributed by atoms with Crippen molar-refractivity contribution in [1.29, 1.82) is 0 Å². The number of nitrogens with zero attached hydrogens (tertiary/aromatic N) is 2. The van der Waals surface area contributed by atoms with Gasteiger partial charge in [-0.1, -0.05) is 24.8 Å². The van der Waals surface area contributed by atoms with Gasteiger partial charge in [0.2, 0.25) is 0 Å². The van der Waals surface area contributed by atoms with Crippen molar-refractivity contribution in [3.05, 3.63) is 34.0 Å². The van der Waals surface area contributed by atoms with Crippen LogP contribution in [0.25, 0.3) is 10.2 Å². The largest absolute Gasteiger partial charge is 0.465 e. The molecule has 0 spiro atoms. The average molecular weight is 336 g/mol. The van der Waals surface area contributed by atoms with Crippen molar-refractivity contribution in [3.63, 3.8) is 0 Å². The van der Waals surface area contributed by atoms with Crippen LogP contribution in [0.4, 0.5) is 0 Å². The molecule has 0 aliphatic carbocycles. The highest BCUT2D eigenvalue weighted by Crippen LogP contribution is 2.30. The van der Waals surface area contributed by atoms with Crippen molar-refractivity contribution in [1.82, 2.24) is 9.55 Å². The van der Waals surface area contributed by atoms with Crippen LogP contribution in [0.2, 0.25) is 0 Å². The minimum Gasteiger partial charge on any atom is -0.465 e. The van der Waals surface area contributed by atoms with Gasteiger partial charge in [-0.25, -0.2) is 4.98 Å². The number of fused-ring (bicyclic) bond motifs is 1. The second-order valence-electron chi connectivity index (χ2n) is 4.95. The molecule has 3 rings (SSSR count). The monoisotopic (exact) mass is 336 g/mol. The number of aryl methyl sites for hydroxylation is 1. The molecule has 0 saturated carbocycles. The Kier molecular flexibility index (Phi) is 4.35. The summed E-state index contributed by atoms with van der Waals surface area (Å²) in [5.41, 5.74) is -0.0743. The van der Waals surface area contributed by atoms with E-state index in [4.69, 9.17) is 4.74 Å². The van der Waals surface area contributed by atoms with Gasteiger partial charge in [0.1, 0.15) is 10.1 Å². The summed E-state index contributed by atoms with van der Waals surface area (Å²) in [6.45, 7) is 6.57. The quantitative estimate of drug-likeness (QED) is 0.477. The molecule has 5 nitrogen and oxygen atoms in total. The van der Waals surface area contributed by atoms with Gasteiger partial charge in [0.05, 0.1) is 12.0 Å². The van der Waals surface area contributed by atoms with Gasteiger partial charge in [-0.15, -0.1) is 17.9 Å². The van der Waals surface area contributed by atoms with E-state index in [2.05, 4.69) is 18.5 Å². The molecule has 0 unspecified atom stereocenters. The Morgan fingerprint density at radius 1 is 1.59 bits per heavy atom. The summed E-state index contributed by atoms with van der Waals surface area (Å²) in [5, 5.41) is 0.916. The Labute approximate surface area is 136 Å². The van der Waals surface area contributed by atoms with Crippen LogP contribution in [0.1, 0.15) is 18.2 Å². The van der Waals surface area contributed by atoms with Crippen LogP contribution in [0.15, 0.2) is 28.7 Å². The molecule has 1 aliphatic heterocycles. The fourth-order valence-corrected chi connectivity index (χ4v) is 4.39. The van der Waals surface area contributed by atoms with Crippen molar-refractivity contribution >= 4 is 39.3 Å².